The number of carbonyl (C=O) groups is 10. The molecule has 1 heterocycles. The number of nitrogens with one attached hydrogen (secondary N) is 7. The van der Waals surface area contributed by atoms with Crippen molar-refractivity contribution in [2.45, 2.75) is 241 Å². The van der Waals surface area contributed by atoms with Crippen LogP contribution in [0.5, 0.6) is 0 Å². The molecule has 0 aromatic heterocycles. The number of unbranched alkanes of at least 4 members (excludes halogenated alkanes) is 6. The monoisotopic (exact) mass is 1040 g/mol. The Kier molecular flexibility index (Phi) is 30.8. The van der Waals surface area contributed by atoms with E-state index in [-0.39, 0.29) is 62.2 Å². The number of rotatable bonds is 24. The number of carboxylic acids is 2. The van der Waals surface area contributed by atoms with Crippen LogP contribution in [-0.4, -0.2) is 118 Å². The lowest BCUT2D eigenvalue weighted by Crippen LogP contribution is -2.60. The van der Waals surface area contributed by atoms with Crippen molar-refractivity contribution < 1.29 is 62.9 Å². The topological polar surface area (TPSA) is 305 Å². The molecule has 418 valence electrons. The zero-order chi connectivity index (χ0) is 55.5. The van der Waals surface area contributed by atoms with Gasteiger partial charge < -0.3 is 52.2 Å². The first kappa shape index (κ1) is 65.7. The van der Waals surface area contributed by atoms with Crippen LogP contribution < -0.4 is 37.2 Å². The molecule has 8 atom stereocenters. The fourth-order valence-corrected chi connectivity index (χ4v) is 8.55. The summed E-state index contributed by atoms with van der Waals surface area (Å²) in [6.45, 7) is 22.1. The maximum Gasteiger partial charge on any atom is 0.329 e. The first-order chi connectivity index (χ1) is 34.1. The summed E-state index contributed by atoms with van der Waals surface area (Å²) in [5.41, 5.74) is 0. The van der Waals surface area contributed by atoms with Gasteiger partial charge in [-0.1, -0.05) is 128 Å². The van der Waals surface area contributed by atoms with E-state index in [2.05, 4.69) is 51.1 Å². The van der Waals surface area contributed by atoms with E-state index in [4.69, 9.17) is 4.74 Å². The minimum atomic E-state index is -1.72. The Hall–Kier alpha value is -5.30. The van der Waals surface area contributed by atoms with E-state index < -0.39 is 133 Å². The molecule has 20 heteroatoms. The van der Waals surface area contributed by atoms with Gasteiger partial charge in [0.2, 0.25) is 41.4 Å². The second-order valence-corrected chi connectivity index (χ2v) is 22.4. The van der Waals surface area contributed by atoms with Crippen molar-refractivity contribution in [2.75, 3.05) is 0 Å². The summed E-state index contributed by atoms with van der Waals surface area (Å²) in [7, 11) is 0. The van der Waals surface area contributed by atoms with Gasteiger partial charge in [-0.05, 0) is 80.5 Å². The maximum absolute atomic E-state index is 14.2. The molecule has 8 unspecified atom stereocenters. The third kappa shape index (κ3) is 28.1. The number of carboxylic acid groups (broad SMARTS) is 2. The van der Waals surface area contributed by atoms with Gasteiger partial charge in [0, 0.05) is 6.42 Å². The maximum atomic E-state index is 14.2. The van der Waals surface area contributed by atoms with E-state index >= 15 is 0 Å². The molecule has 9 N–H and O–H groups in total. The zero-order valence-electron chi connectivity index (χ0n) is 46.0. The number of hydrogen-bond donors (Lipinski definition) is 9. The van der Waals surface area contributed by atoms with Crippen molar-refractivity contribution in [3.63, 3.8) is 0 Å². The average Bonchev–Trinajstić information content (AvgIpc) is 3.26. The van der Waals surface area contributed by atoms with E-state index in [0.717, 1.165) is 44.9 Å². The Balaban J connectivity index is 3.94. The molecule has 1 aliphatic heterocycles. The molecule has 0 bridgehead atoms. The van der Waals surface area contributed by atoms with Gasteiger partial charge in [0.1, 0.15) is 48.4 Å². The average molecular weight is 1040 g/mol. The number of cyclic esters (lactones) is 1. The molecule has 0 aromatic carbocycles. The third-order valence-corrected chi connectivity index (χ3v) is 12.4. The van der Waals surface area contributed by atoms with E-state index in [1.165, 1.54) is 0 Å². The van der Waals surface area contributed by atoms with Crippen molar-refractivity contribution in [2.24, 2.45) is 35.5 Å². The molecule has 1 rings (SSSR count). The predicted octanol–water partition coefficient (Wildman–Crippen LogP) is 5.04. The van der Waals surface area contributed by atoms with Crippen LogP contribution >= 0.6 is 0 Å². The van der Waals surface area contributed by atoms with Crippen LogP contribution in [0.1, 0.15) is 192 Å². The lowest BCUT2D eigenvalue weighted by atomic mass is 9.98. The van der Waals surface area contributed by atoms with E-state index in [0.29, 0.717) is 12.3 Å². The number of carbonyl (C=O) groups excluding carboxylic acids is 8. The van der Waals surface area contributed by atoms with Gasteiger partial charge in [-0.15, -0.1) is 0 Å². The zero-order valence-corrected chi connectivity index (χ0v) is 46.0. The van der Waals surface area contributed by atoms with Crippen molar-refractivity contribution in [3.8, 4) is 0 Å². The first-order valence-corrected chi connectivity index (χ1v) is 26.8. The molecular weight excluding hydrogens is 943 g/mol. The summed E-state index contributed by atoms with van der Waals surface area (Å²) in [5, 5.41) is 37.9. The highest BCUT2D eigenvalue weighted by atomic mass is 16.5. The SMILES string of the molecule is CC(C)CCCCCCCCCC1CC(=O)NC(CCC(=O)O)C(=O)NC(CC(C)C)C(=O)NC(CC(C)C)C(=O)NC(CC(C)C)C(=O)NC(CC(=O)O)C(=O)NC(CC(C)C)C(=O)NC(C(C)C)C(=O)O1. The van der Waals surface area contributed by atoms with Crippen LogP contribution in [0.4, 0.5) is 0 Å². The minimum absolute atomic E-state index is 0.0292. The summed E-state index contributed by atoms with van der Waals surface area (Å²) in [6.07, 6.45) is 4.95. The minimum Gasteiger partial charge on any atom is -0.481 e. The molecule has 7 amide bonds. The van der Waals surface area contributed by atoms with Gasteiger partial charge in [0.25, 0.3) is 0 Å². The summed E-state index contributed by atoms with van der Waals surface area (Å²) < 4.78 is 6.01. The lowest BCUT2D eigenvalue weighted by Gasteiger charge is -2.29. The summed E-state index contributed by atoms with van der Waals surface area (Å²) in [5.74, 6) is -10.1. The van der Waals surface area contributed by atoms with Crippen LogP contribution in [0.2, 0.25) is 0 Å². The molecule has 20 nitrogen and oxygen atoms in total. The number of ether oxygens (including phenoxy) is 1. The summed E-state index contributed by atoms with van der Waals surface area (Å²) in [6, 6.07) is -9.64. The Morgan fingerprint density at radius 2 is 0.822 bits per heavy atom. The number of hydrogen-bond acceptors (Lipinski definition) is 11. The van der Waals surface area contributed by atoms with Gasteiger partial charge in [-0.3, -0.25) is 43.2 Å². The fourth-order valence-electron chi connectivity index (χ4n) is 8.55. The standard InChI is InChI=1S/C53H93N7O13/c1-30(2)20-18-16-14-13-15-17-19-21-36-28-43(61)54-37(22-23-44(62)63)47(66)55-38(24-31(3)4)48(67)56-39(25-32(5)6)49(68)57-40(26-33(7)8)50(69)59-42(29-45(64)65)51(70)58-41(27-34(9)10)52(71)60-46(35(11)12)53(72)73-36/h30-42,46H,13-29H2,1-12H3,(H,54,61)(H,55,66)(H,56,67)(H,57,68)(H,58,70)(H,59,69)(H,60,71)(H,62,63)(H,64,65). The fraction of sp³-hybridized carbons (Fsp3) is 0.811. The van der Waals surface area contributed by atoms with Crippen molar-refractivity contribution in [1.82, 2.24) is 37.2 Å². The van der Waals surface area contributed by atoms with Crippen LogP contribution in [0.15, 0.2) is 0 Å². The Labute approximate surface area is 434 Å². The van der Waals surface area contributed by atoms with Crippen molar-refractivity contribution in [1.29, 1.82) is 0 Å². The Morgan fingerprint density at radius 3 is 1.21 bits per heavy atom. The molecule has 1 saturated heterocycles. The molecule has 0 aromatic rings. The highest BCUT2D eigenvalue weighted by Crippen LogP contribution is 2.19. The van der Waals surface area contributed by atoms with Gasteiger partial charge in [-0.25, -0.2) is 4.79 Å². The van der Waals surface area contributed by atoms with Gasteiger partial charge in [0.15, 0.2) is 0 Å². The highest BCUT2D eigenvalue weighted by molar-refractivity contribution is 5.98. The number of aliphatic carboxylic acids is 2. The molecule has 1 aliphatic rings. The lowest BCUT2D eigenvalue weighted by molar-refractivity contribution is -0.156. The third-order valence-electron chi connectivity index (χ3n) is 12.4. The molecule has 0 aliphatic carbocycles. The van der Waals surface area contributed by atoms with Crippen LogP contribution in [-0.2, 0) is 52.7 Å². The van der Waals surface area contributed by atoms with Crippen LogP contribution in [0.3, 0.4) is 0 Å². The number of esters is 1. The predicted molar refractivity (Wildman–Crippen MR) is 276 cm³/mol. The van der Waals surface area contributed by atoms with E-state index in [9.17, 15) is 58.2 Å². The smallest absolute Gasteiger partial charge is 0.329 e. The van der Waals surface area contributed by atoms with Gasteiger partial charge in [0.05, 0.1) is 12.8 Å². The van der Waals surface area contributed by atoms with Gasteiger partial charge >= 0.3 is 17.9 Å². The molecule has 0 radical (unpaired) electrons. The molecule has 0 spiro atoms. The van der Waals surface area contributed by atoms with Crippen molar-refractivity contribution >= 4 is 59.3 Å². The largest absolute Gasteiger partial charge is 0.481 e. The van der Waals surface area contributed by atoms with Gasteiger partial charge in [-0.2, -0.15) is 0 Å². The first-order valence-electron chi connectivity index (χ1n) is 26.8. The van der Waals surface area contributed by atoms with Crippen molar-refractivity contribution in [3.05, 3.63) is 0 Å². The normalized spacial score (nSPS) is 24.0. The summed E-state index contributed by atoms with van der Waals surface area (Å²) in [4.78, 5) is 137. The molecule has 1 fully saturated rings. The summed E-state index contributed by atoms with van der Waals surface area (Å²) >= 11 is 0. The van der Waals surface area contributed by atoms with Crippen LogP contribution in [0, 0.1) is 35.5 Å². The molecular formula is C53H93N7O13. The quantitative estimate of drug-likeness (QED) is 0.0453. The van der Waals surface area contributed by atoms with E-state index in [1.54, 1.807) is 55.4 Å². The molecule has 0 saturated carbocycles. The van der Waals surface area contributed by atoms with Crippen LogP contribution in [0.25, 0.3) is 0 Å². The second-order valence-electron chi connectivity index (χ2n) is 22.4. The van der Waals surface area contributed by atoms with E-state index in [1.807, 2.05) is 13.8 Å². The highest BCUT2D eigenvalue weighted by Gasteiger charge is 2.37. The second kappa shape index (κ2) is 34.2. The Morgan fingerprint density at radius 1 is 0.452 bits per heavy atom. The molecule has 73 heavy (non-hydrogen) atoms. The Bertz CT molecular complexity index is 1800. The number of amides is 7.